The van der Waals surface area contributed by atoms with E-state index in [4.69, 9.17) is 5.73 Å². The number of para-hydroxylation sites is 2. The quantitative estimate of drug-likeness (QED) is 0.406. The lowest BCUT2D eigenvalue weighted by Crippen LogP contribution is -2.49. The number of aromatic amines is 1. The molecule has 3 aromatic rings. The van der Waals surface area contributed by atoms with Gasteiger partial charge in [-0.3, -0.25) is 19.7 Å². The monoisotopic (exact) mass is 407 g/mol. The van der Waals surface area contributed by atoms with Crippen molar-refractivity contribution in [2.24, 2.45) is 10.7 Å². The van der Waals surface area contributed by atoms with Gasteiger partial charge in [0.2, 0.25) is 0 Å². The molecule has 0 unspecified atom stereocenters. The highest BCUT2D eigenvalue weighted by atomic mass is 19.1. The van der Waals surface area contributed by atoms with E-state index < -0.39 is 11.7 Å². The van der Waals surface area contributed by atoms with Gasteiger partial charge in [0.05, 0.1) is 41.4 Å². The van der Waals surface area contributed by atoms with Crippen LogP contribution in [-0.2, 0) is 17.9 Å². The van der Waals surface area contributed by atoms with Crippen LogP contribution < -0.4 is 11.1 Å². The Morgan fingerprint density at radius 2 is 2.17 bits per heavy atom. The molecule has 1 saturated heterocycles. The second kappa shape index (κ2) is 8.83. The third-order valence-corrected chi connectivity index (χ3v) is 4.87. The Labute approximate surface area is 172 Å². The largest absolute Gasteiger partial charge is 0.404 e. The van der Waals surface area contributed by atoms with Crippen LogP contribution in [-0.4, -0.2) is 51.1 Å². The van der Waals surface area contributed by atoms with Crippen molar-refractivity contribution in [3.63, 3.8) is 0 Å². The van der Waals surface area contributed by atoms with E-state index in [1.165, 1.54) is 30.7 Å². The number of benzene rings is 1. The fourth-order valence-electron chi connectivity index (χ4n) is 3.24. The first kappa shape index (κ1) is 19.7. The zero-order valence-electron chi connectivity index (χ0n) is 16.3. The smallest absolute Gasteiger partial charge is 0.254 e. The van der Waals surface area contributed by atoms with E-state index >= 15 is 0 Å². The van der Waals surface area contributed by atoms with Gasteiger partial charge in [-0.05, 0) is 24.3 Å². The van der Waals surface area contributed by atoms with Crippen LogP contribution in [0.4, 0.5) is 4.39 Å². The molecule has 0 saturated carbocycles. The molecule has 3 heterocycles. The van der Waals surface area contributed by atoms with Crippen LogP contribution in [0.15, 0.2) is 59.4 Å². The first-order valence-electron chi connectivity index (χ1n) is 9.61. The minimum Gasteiger partial charge on any atom is -0.404 e. The Balaban J connectivity index is 1.25. The zero-order chi connectivity index (χ0) is 20.9. The average molecular weight is 407 g/mol. The SMILES string of the molecule is NC=C(C=NC1CN(Cc2nc3ccccc3[nH]2)C1)C(=O)NCc1ncccc1F. The number of rotatable bonds is 7. The number of carbonyl (C=O) groups is 1. The summed E-state index contributed by atoms with van der Waals surface area (Å²) in [5, 5.41) is 2.60. The number of aromatic nitrogens is 3. The summed E-state index contributed by atoms with van der Waals surface area (Å²) in [7, 11) is 0. The molecule has 1 aliphatic rings. The highest BCUT2D eigenvalue weighted by molar-refractivity contribution is 6.12. The lowest BCUT2D eigenvalue weighted by Gasteiger charge is -2.36. The van der Waals surface area contributed by atoms with Crippen LogP contribution in [0.1, 0.15) is 11.5 Å². The summed E-state index contributed by atoms with van der Waals surface area (Å²) in [6.45, 7) is 2.24. The summed E-state index contributed by atoms with van der Waals surface area (Å²) in [6.07, 6.45) is 4.13. The Morgan fingerprint density at radius 1 is 1.33 bits per heavy atom. The van der Waals surface area contributed by atoms with E-state index in [-0.39, 0.29) is 23.9 Å². The van der Waals surface area contributed by atoms with E-state index in [9.17, 15) is 9.18 Å². The van der Waals surface area contributed by atoms with Gasteiger partial charge in [0.1, 0.15) is 11.6 Å². The number of halogens is 1. The first-order chi connectivity index (χ1) is 14.6. The first-order valence-corrected chi connectivity index (χ1v) is 9.61. The third kappa shape index (κ3) is 4.52. The standard InChI is InChI=1S/C21H22FN7O/c22-16-4-3-7-24-19(16)10-26-21(30)14(8-23)9-25-15-11-29(12-15)13-20-27-17-5-1-2-6-18(17)28-20/h1-9,15H,10-13,23H2,(H,26,30)(H,27,28). The van der Waals surface area contributed by atoms with Crippen LogP contribution in [0.5, 0.6) is 0 Å². The Hall–Kier alpha value is -3.59. The summed E-state index contributed by atoms with van der Waals surface area (Å²) in [5.41, 5.74) is 7.93. The molecule has 8 nitrogen and oxygen atoms in total. The predicted molar refractivity (Wildman–Crippen MR) is 112 cm³/mol. The molecule has 0 atom stereocenters. The minimum atomic E-state index is -0.469. The molecule has 1 fully saturated rings. The van der Waals surface area contributed by atoms with E-state index in [0.717, 1.165) is 36.5 Å². The molecule has 1 aromatic carbocycles. The summed E-state index contributed by atoms with van der Waals surface area (Å²) in [5.74, 6) is 0.0239. The number of nitrogens with one attached hydrogen (secondary N) is 2. The molecule has 154 valence electrons. The molecular weight excluding hydrogens is 385 g/mol. The number of amides is 1. The maximum Gasteiger partial charge on any atom is 0.254 e. The molecule has 1 amide bonds. The lowest BCUT2D eigenvalue weighted by atomic mass is 10.1. The number of nitrogens with zero attached hydrogens (tertiary/aromatic N) is 4. The Morgan fingerprint density at radius 3 is 2.93 bits per heavy atom. The molecule has 0 spiro atoms. The number of likely N-dealkylation sites (tertiary alicyclic amines) is 1. The third-order valence-electron chi connectivity index (χ3n) is 4.87. The summed E-state index contributed by atoms with van der Waals surface area (Å²) >= 11 is 0. The van der Waals surface area contributed by atoms with Crippen LogP contribution in [0.3, 0.4) is 0 Å². The van der Waals surface area contributed by atoms with Crippen LogP contribution in [0.2, 0.25) is 0 Å². The maximum atomic E-state index is 13.6. The molecule has 0 bridgehead atoms. The number of fused-ring (bicyclic) bond motifs is 1. The van der Waals surface area contributed by atoms with Gasteiger partial charge >= 0.3 is 0 Å². The summed E-state index contributed by atoms with van der Waals surface area (Å²) in [6, 6.07) is 10.8. The molecule has 4 rings (SSSR count). The van der Waals surface area contributed by atoms with Crippen LogP contribution in [0.25, 0.3) is 11.0 Å². The predicted octanol–water partition coefficient (Wildman–Crippen LogP) is 1.51. The van der Waals surface area contributed by atoms with Gasteiger partial charge in [-0.2, -0.15) is 0 Å². The van der Waals surface area contributed by atoms with E-state index in [0.29, 0.717) is 0 Å². The van der Waals surface area contributed by atoms with Crippen molar-refractivity contribution < 1.29 is 9.18 Å². The van der Waals surface area contributed by atoms with Crippen molar-refractivity contribution in [3.8, 4) is 0 Å². The van der Waals surface area contributed by atoms with Gasteiger partial charge in [0.15, 0.2) is 0 Å². The molecule has 0 radical (unpaired) electrons. The molecule has 30 heavy (non-hydrogen) atoms. The minimum absolute atomic E-state index is 0.0224. The topological polar surface area (TPSA) is 112 Å². The second-order valence-corrected chi connectivity index (χ2v) is 7.06. The zero-order valence-corrected chi connectivity index (χ0v) is 16.3. The fourth-order valence-corrected chi connectivity index (χ4v) is 3.24. The average Bonchev–Trinajstić information content (AvgIpc) is 3.14. The van der Waals surface area contributed by atoms with Gasteiger partial charge in [-0.15, -0.1) is 0 Å². The molecule has 1 aliphatic heterocycles. The van der Waals surface area contributed by atoms with Crippen molar-refractivity contribution >= 4 is 23.2 Å². The highest BCUT2D eigenvalue weighted by Gasteiger charge is 2.26. The fraction of sp³-hybridized carbons (Fsp3) is 0.238. The number of H-pyrrole nitrogens is 1. The molecule has 4 N–H and O–H groups in total. The molecule has 9 heteroatoms. The highest BCUT2D eigenvalue weighted by Crippen LogP contribution is 2.17. The number of aliphatic imine (C=N–C) groups is 1. The van der Waals surface area contributed by atoms with Crippen molar-refractivity contribution in [3.05, 3.63) is 71.7 Å². The molecular formula is C21H22FN7O. The van der Waals surface area contributed by atoms with Crippen LogP contribution in [0, 0.1) is 5.82 Å². The number of nitrogens with two attached hydrogens (primary N) is 1. The van der Waals surface area contributed by atoms with E-state index in [1.54, 1.807) is 0 Å². The van der Waals surface area contributed by atoms with Crippen LogP contribution >= 0.6 is 0 Å². The van der Waals surface area contributed by atoms with Gasteiger partial charge in [-0.1, -0.05) is 12.1 Å². The maximum absolute atomic E-state index is 13.6. The number of imidazole rings is 1. The number of hydrogen-bond acceptors (Lipinski definition) is 6. The lowest BCUT2D eigenvalue weighted by molar-refractivity contribution is -0.117. The van der Waals surface area contributed by atoms with Gasteiger partial charge in [0, 0.05) is 31.7 Å². The molecule has 0 aliphatic carbocycles. The summed E-state index contributed by atoms with van der Waals surface area (Å²) < 4.78 is 13.6. The summed E-state index contributed by atoms with van der Waals surface area (Å²) in [4.78, 5) is 30.7. The van der Waals surface area contributed by atoms with Crippen molar-refractivity contribution in [1.29, 1.82) is 0 Å². The van der Waals surface area contributed by atoms with Crippen molar-refractivity contribution in [2.75, 3.05) is 13.1 Å². The van der Waals surface area contributed by atoms with E-state index in [1.807, 2.05) is 24.3 Å². The second-order valence-electron chi connectivity index (χ2n) is 7.06. The van der Waals surface area contributed by atoms with Crippen molar-refractivity contribution in [2.45, 2.75) is 19.1 Å². The number of carbonyl (C=O) groups excluding carboxylic acids is 1. The van der Waals surface area contributed by atoms with Gasteiger partial charge < -0.3 is 16.0 Å². The normalized spacial score (nSPS) is 15.6. The Kier molecular flexibility index (Phi) is 5.80. The van der Waals surface area contributed by atoms with Gasteiger partial charge in [0.25, 0.3) is 5.91 Å². The molecule has 2 aromatic heterocycles. The number of hydrogen-bond donors (Lipinski definition) is 3. The Bertz CT molecular complexity index is 1070. The number of pyridine rings is 1. The van der Waals surface area contributed by atoms with Gasteiger partial charge in [-0.25, -0.2) is 9.37 Å². The van der Waals surface area contributed by atoms with Crippen molar-refractivity contribution in [1.82, 2.24) is 25.2 Å². The van der Waals surface area contributed by atoms with E-state index in [2.05, 4.69) is 30.2 Å².